The number of amides is 1. The average molecular weight is 283 g/mol. The second-order valence-electron chi connectivity index (χ2n) is 6.72. The van der Waals surface area contributed by atoms with Crippen LogP contribution in [0, 0.1) is 11.3 Å². The molecule has 4 nitrogen and oxygen atoms in total. The molecule has 0 saturated heterocycles. The number of hydrogen-bond acceptors (Lipinski definition) is 2. The van der Waals surface area contributed by atoms with Gasteiger partial charge in [-0.1, -0.05) is 6.42 Å². The van der Waals surface area contributed by atoms with E-state index in [1.165, 1.54) is 32.1 Å². The molecule has 1 amide bonds. The van der Waals surface area contributed by atoms with Gasteiger partial charge in [0.2, 0.25) is 5.91 Å². The Hall–Kier alpha value is -1.84. The number of pyridine rings is 1. The van der Waals surface area contributed by atoms with Gasteiger partial charge in [-0.15, -0.1) is 0 Å². The second kappa shape index (κ2) is 4.86. The van der Waals surface area contributed by atoms with Crippen molar-refractivity contribution in [2.45, 2.75) is 44.9 Å². The molecule has 0 atom stereocenters. The highest BCUT2D eigenvalue weighted by Crippen LogP contribution is 2.52. The molecule has 1 spiro atoms. The lowest BCUT2D eigenvalue weighted by Gasteiger charge is -2.46. The van der Waals surface area contributed by atoms with Gasteiger partial charge < -0.3 is 10.3 Å². The van der Waals surface area contributed by atoms with Crippen LogP contribution in [0.25, 0.3) is 11.0 Å². The smallest absolute Gasteiger partial charge is 0.227 e. The van der Waals surface area contributed by atoms with E-state index in [2.05, 4.69) is 15.3 Å². The van der Waals surface area contributed by atoms with Crippen molar-refractivity contribution >= 4 is 22.6 Å². The molecular formula is C17H21N3O. The van der Waals surface area contributed by atoms with Crippen LogP contribution in [-0.2, 0) is 4.79 Å². The minimum atomic E-state index is 0.163. The number of aromatic amines is 1. The SMILES string of the molecule is O=C(Nc1c[nH]c2cccnc12)C1CCC2(CCC2)CC1. The molecule has 2 saturated carbocycles. The third-order valence-electron chi connectivity index (χ3n) is 5.52. The van der Waals surface area contributed by atoms with Crippen LogP contribution in [0.5, 0.6) is 0 Å². The lowest BCUT2D eigenvalue weighted by Crippen LogP contribution is -2.37. The zero-order valence-electron chi connectivity index (χ0n) is 12.2. The molecule has 4 rings (SSSR count). The van der Waals surface area contributed by atoms with Gasteiger partial charge in [0.1, 0.15) is 5.52 Å². The summed E-state index contributed by atoms with van der Waals surface area (Å²) in [5.41, 5.74) is 3.22. The lowest BCUT2D eigenvalue weighted by molar-refractivity contribution is -0.122. The molecule has 2 heterocycles. The third kappa shape index (κ3) is 2.23. The molecule has 2 fully saturated rings. The lowest BCUT2D eigenvalue weighted by atomic mass is 9.59. The summed E-state index contributed by atoms with van der Waals surface area (Å²) in [6.07, 6.45) is 12.3. The molecule has 0 aliphatic heterocycles. The average Bonchev–Trinajstić information content (AvgIpc) is 2.89. The highest BCUT2D eigenvalue weighted by molar-refractivity contribution is 6.00. The first-order chi connectivity index (χ1) is 10.3. The normalized spacial score (nSPS) is 21.3. The van der Waals surface area contributed by atoms with E-state index in [1.54, 1.807) is 6.20 Å². The van der Waals surface area contributed by atoms with Crippen LogP contribution in [0.1, 0.15) is 44.9 Å². The van der Waals surface area contributed by atoms with Gasteiger partial charge in [0, 0.05) is 18.3 Å². The number of H-pyrrole nitrogens is 1. The molecule has 2 N–H and O–H groups in total. The molecule has 110 valence electrons. The monoisotopic (exact) mass is 283 g/mol. The summed E-state index contributed by atoms with van der Waals surface area (Å²) in [4.78, 5) is 20.0. The van der Waals surface area contributed by atoms with E-state index in [9.17, 15) is 4.79 Å². The fourth-order valence-electron chi connectivity index (χ4n) is 3.95. The highest BCUT2D eigenvalue weighted by Gasteiger charge is 2.41. The molecule has 21 heavy (non-hydrogen) atoms. The summed E-state index contributed by atoms with van der Waals surface area (Å²) in [5.74, 6) is 0.334. The predicted octanol–water partition coefficient (Wildman–Crippen LogP) is 3.86. The molecule has 2 aliphatic carbocycles. The van der Waals surface area contributed by atoms with E-state index in [4.69, 9.17) is 0 Å². The number of nitrogens with zero attached hydrogens (tertiary/aromatic N) is 1. The van der Waals surface area contributed by atoms with Gasteiger partial charge in [0.05, 0.1) is 11.2 Å². The molecule has 2 aromatic rings. The van der Waals surface area contributed by atoms with Crippen molar-refractivity contribution in [3.63, 3.8) is 0 Å². The van der Waals surface area contributed by atoms with Crippen molar-refractivity contribution in [2.24, 2.45) is 11.3 Å². The first-order valence-electron chi connectivity index (χ1n) is 7.99. The van der Waals surface area contributed by atoms with Gasteiger partial charge in [0.15, 0.2) is 0 Å². The molecule has 0 unspecified atom stereocenters. The Bertz CT molecular complexity index is 661. The number of rotatable bonds is 2. The largest absolute Gasteiger partial charge is 0.358 e. The Morgan fingerprint density at radius 1 is 1.29 bits per heavy atom. The highest BCUT2D eigenvalue weighted by atomic mass is 16.1. The molecule has 4 heteroatoms. The van der Waals surface area contributed by atoms with Gasteiger partial charge in [-0.3, -0.25) is 9.78 Å². The zero-order chi connectivity index (χ0) is 14.3. The van der Waals surface area contributed by atoms with Gasteiger partial charge in [-0.25, -0.2) is 0 Å². The van der Waals surface area contributed by atoms with Crippen molar-refractivity contribution in [3.05, 3.63) is 24.5 Å². The first kappa shape index (κ1) is 12.9. The standard InChI is InChI=1S/C17H21N3O/c21-16(12-4-8-17(9-5-12)6-2-7-17)20-14-11-19-13-3-1-10-18-15(13)14/h1,3,10-12,19H,2,4-9H2,(H,20,21). The Morgan fingerprint density at radius 2 is 2.10 bits per heavy atom. The molecule has 2 aliphatic rings. The zero-order valence-corrected chi connectivity index (χ0v) is 12.2. The minimum absolute atomic E-state index is 0.163. The van der Waals surface area contributed by atoms with E-state index in [1.807, 2.05) is 18.3 Å². The van der Waals surface area contributed by atoms with Crippen molar-refractivity contribution in [1.29, 1.82) is 0 Å². The minimum Gasteiger partial charge on any atom is -0.358 e. The molecular weight excluding hydrogens is 262 g/mol. The van der Waals surface area contributed by atoms with E-state index in [0.717, 1.165) is 29.6 Å². The molecule has 0 bridgehead atoms. The Labute approximate surface area is 124 Å². The van der Waals surface area contributed by atoms with E-state index >= 15 is 0 Å². The summed E-state index contributed by atoms with van der Waals surface area (Å²) in [6, 6.07) is 3.86. The number of carbonyl (C=O) groups is 1. The van der Waals surface area contributed by atoms with Crippen molar-refractivity contribution in [1.82, 2.24) is 9.97 Å². The van der Waals surface area contributed by atoms with E-state index in [-0.39, 0.29) is 11.8 Å². The van der Waals surface area contributed by atoms with Gasteiger partial charge in [0.25, 0.3) is 0 Å². The number of nitrogens with one attached hydrogen (secondary N) is 2. The number of carbonyl (C=O) groups excluding carboxylic acids is 1. The van der Waals surface area contributed by atoms with E-state index < -0.39 is 0 Å². The summed E-state index contributed by atoms with van der Waals surface area (Å²) in [7, 11) is 0. The van der Waals surface area contributed by atoms with Crippen LogP contribution in [0.3, 0.4) is 0 Å². The topological polar surface area (TPSA) is 57.8 Å². The summed E-state index contributed by atoms with van der Waals surface area (Å²) >= 11 is 0. The van der Waals surface area contributed by atoms with Crippen LogP contribution >= 0.6 is 0 Å². The van der Waals surface area contributed by atoms with E-state index in [0.29, 0.717) is 5.41 Å². The number of anilines is 1. The number of aromatic nitrogens is 2. The van der Waals surface area contributed by atoms with Crippen LogP contribution in [0.2, 0.25) is 0 Å². The maximum absolute atomic E-state index is 12.5. The van der Waals surface area contributed by atoms with Gasteiger partial charge in [-0.2, -0.15) is 0 Å². The van der Waals surface area contributed by atoms with Crippen molar-refractivity contribution in [2.75, 3.05) is 5.32 Å². The predicted molar refractivity (Wildman–Crippen MR) is 83.0 cm³/mol. The fourth-order valence-corrected chi connectivity index (χ4v) is 3.95. The fraction of sp³-hybridized carbons (Fsp3) is 0.529. The van der Waals surface area contributed by atoms with Crippen LogP contribution in [0.15, 0.2) is 24.5 Å². The Balaban J connectivity index is 1.44. The quantitative estimate of drug-likeness (QED) is 0.879. The van der Waals surface area contributed by atoms with Gasteiger partial charge >= 0.3 is 0 Å². The second-order valence-corrected chi connectivity index (χ2v) is 6.72. The molecule has 0 aromatic carbocycles. The molecule has 0 radical (unpaired) electrons. The maximum Gasteiger partial charge on any atom is 0.227 e. The maximum atomic E-state index is 12.5. The van der Waals surface area contributed by atoms with Crippen molar-refractivity contribution < 1.29 is 4.79 Å². The van der Waals surface area contributed by atoms with Crippen LogP contribution < -0.4 is 5.32 Å². The summed E-state index contributed by atoms with van der Waals surface area (Å²) < 4.78 is 0. The van der Waals surface area contributed by atoms with Crippen LogP contribution in [0.4, 0.5) is 5.69 Å². The summed E-state index contributed by atoms with van der Waals surface area (Å²) in [6.45, 7) is 0. The molecule has 2 aromatic heterocycles. The Kier molecular flexibility index (Phi) is 2.98. The third-order valence-corrected chi connectivity index (χ3v) is 5.52. The first-order valence-corrected chi connectivity index (χ1v) is 7.99. The summed E-state index contributed by atoms with van der Waals surface area (Å²) in [5, 5.41) is 3.07. The Morgan fingerprint density at radius 3 is 2.81 bits per heavy atom. The van der Waals surface area contributed by atoms with Gasteiger partial charge in [-0.05, 0) is 56.1 Å². The van der Waals surface area contributed by atoms with Crippen LogP contribution in [-0.4, -0.2) is 15.9 Å². The number of fused-ring (bicyclic) bond motifs is 1. The van der Waals surface area contributed by atoms with Crippen molar-refractivity contribution in [3.8, 4) is 0 Å². The number of hydrogen-bond donors (Lipinski definition) is 2.